The predicted molar refractivity (Wildman–Crippen MR) is 118 cm³/mol. The maximum atomic E-state index is 12.9. The number of benzene rings is 1. The molecule has 0 aliphatic rings. The number of nitrogens with one attached hydrogen (secondary N) is 1. The lowest BCUT2D eigenvalue weighted by Gasteiger charge is -2.30. The van der Waals surface area contributed by atoms with E-state index in [-0.39, 0.29) is 42.5 Å². The molecular formula is C22H36N2O5S. The zero-order valence-electron chi connectivity index (χ0n) is 19.7. The monoisotopic (exact) mass is 440 g/mol. The molecule has 1 rings (SSSR count). The Bertz CT molecular complexity index is 868. The molecule has 0 fully saturated rings. The third-order valence-electron chi connectivity index (χ3n) is 5.58. The molecule has 0 atom stereocenters. The molecular weight excluding hydrogens is 404 g/mol. The van der Waals surface area contributed by atoms with E-state index in [1.54, 1.807) is 18.7 Å². The highest BCUT2D eigenvalue weighted by Crippen LogP contribution is 2.29. The molecule has 0 saturated carbocycles. The fourth-order valence-corrected chi connectivity index (χ4v) is 5.32. The highest BCUT2D eigenvalue weighted by atomic mass is 32.2. The first-order valence-corrected chi connectivity index (χ1v) is 11.7. The summed E-state index contributed by atoms with van der Waals surface area (Å²) in [5, 5.41) is 0. The summed E-state index contributed by atoms with van der Waals surface area (Å²) < 4.78 is 33.2. The summed E-state index contributed by atoms with van der Waals surface area (Å²) >= 11 is 0. The Kier molecular flexibility index (Phi) is 9.05. The van der Waals surface area contributed by atoms with Crippen LogP contribution in [-0.4, -0.2) is 50.4 Å². The van der Waals surface area contributed by atoms with Crippen LogP contribution in [0.5, 0.6) is 0 Å². The van der Waals surface area contributed by atoms with Gasteiger partial charge in [-0.3, -0.25) is 9.59 Å². The minimum atomic E-state index is -3.78. The third kappa shape index (κ3) is 6.04. The van der Waals surface area contributed by atoms with Gasteiger partial charge in [0.15, 0.2) is 6.61 Å². The first-order chi connectivity index (χ1) is 13.7. The number of amides is 1. The molecule has 0 spiro atoms. The molecule has 0 heterocycles. The summed E-state index contributed by atoms with van der Waals surface area (Å²) in [6, 6.07) is -0.00757. The first kappa shape index (κ1) is 26.1. The number of nitrogens with zero attached hydrogens (tertiary/aromatic N) is 1. The van der Waals surface area contributed by atoms with E-state index >= 15 is 0 Å². The van der Waals surface area contributed by atoms with Crippen molar-refractivity contribution in [1.82, 2.24) is 9.62 Å². The van der Waals surface area contributed by atoms with Gasteiger partial charge in [0.1, 0.15) is 0 Å². The number of sulfonamides is 1. The van der Waals surface area contributed by atoms with Crippen LogP contribution in [-0.2, 0) is 24.3 Å². The number of ether oxygens (including phenoxy) is 1. The second kappa shape index (κ2) is 10.4. The summed E-state index contributed by atoms with van der Waals surface area (Å²) in [5.74, 6) is -0.894. The maximum absolute atomic E-state index is 12.9. The number of esters is 1. The average Bonchev–Trinajstić information content (AvgIpc) is 2.62. The number of hydrogen-bond acceptors (Lipinski definition) is 5. The van der Waals surface area contributed by atoms with Gasteiger partial charge in [-0.15, -0.1) is 0 Å². The van der Waals surface area contributed by atoms with Crippen molar-refractivity contribution in [2.24, 2.45) is 0 Å². The normalized spacial score (nSPS) is 11.8. The Balaban J connectivity index is 2.74. The van der Waals surface area contributed by atoms with E-state index in [4.69, 9.17) is 4.74 Å². The summed E-state index contributed by atoms with van der Waals surface area (Å²) in [4.78, 5) is 26.1. The first-order valence-electron chi connectivity index (χ1n) is 10.3. The van der Waals surface area contributed by atoms with Crippen LogP contribution in [0.3, 0.4) is 0 Å². The molecule has 0 saturated heterocycles. The molecule has 0 bridgehead atoms. The predicted octanol–water partition coefficient (Wildman–Crippen LogP) is 3.09. The number of carbonyl (C=O) groups excluding carboxylic acids is 2. The Morgan fingerprint density at radius 3 is 1.73 bits per heavy atom. The van der Waals surface area contributed by atoms with E-state index in [1.165, 1.54) is 0 Å². The minimum absolute atomic E-state index is 0.00378. The van der Waals surface area contributed by atoms with Gasteiger partial charge in [0, 0.05) is 18.6 Å². The molecule has 1 N–H and O–H groups in total. The van der Waals surface area contributed by atoms with Crippen molar-refractivity contribution < 1.29 is 22.7 Å². The third-order valence-corrected chi connectivity index (χ3v) is 7.31. The van der Waals surface area contributed by atoms with Gasteiger partial charge in [-0.25, -0.2) is 13.1 Å². The quantitative estimate of drug-likeness (QED) is 0.596. The van der Waals surface area contributed by atoms with Crippen LogP contribution in [0.25, 0.3) is 0 Å². The van der Waals surface area contributed by atoms with Crippen molar-refractivity contribution in [2.75, 3.05) is 13.2 Å². The van der Waals surface area contributed by atoms with Gasteiger partial charge in [0.05, 0.1) is 11.3 Å². The lowest BCUT2D eigenvalue weighted by atomic mass is 9.95. The van der Waals surface area contributed by atoms with Gasteiger partial charge in [0.25, 0.3) is 5.91 Å². The van der Waals surface area contributed by atoms with E-state index in [0.29, 0.717) is 11.1 Å². The van der Waals surface area contributed by atoms with Crippen LogP contribution >= 0.6 is 0 Å². The van der Waals surface area contributed by atoms with Crippen LogP contribution in [0, 0.1) is 34.6 Å². The summed E-state index contributed by atoms with van der Waals surface area (Å²) in [5.41, 5.74) is 4.37. The van der Waals surface area contributed by atoms with Crippen LogP contribution < -0.4 is 4.72 Å². The highest BCUT2D eigenvalue weighted by molar-refractivity contribution is 7.89. The van der Waals surface area contributed by atoms with Crippen molar-refractivity contribution in [3.63, 3.8) is 0 Å². The lowest BCUT2D eigenvalue weighted by molar-refractivity contribution is -0.153. The van der Waals surface area contributed by atoms with Crippen LogP contribution in [0.2, 0.25) is 0 Å². The second-order valence-corrected chi connectivity index (χ2v) is 9.95. The van der Waals surface area contributed by atoms with Gasteiger partial charge < -0.3 is 9.64 Å². The van der Waals surface area contributed by atoms with E-state index < -0.39 is 16.0 Å². The van der Waals surface area contributed by atoms with Crippen LogP contribution in [0.4, 0.5) is 0 Å². The molecule has 1 amide bonds. The summed E-state index contributed by atoms with van der Waals surface area (Å²) in [7, 11) is -3.78. The Hall–Kier alpha value is -1.93. The van der Waals surface area contributed by atoms with Crippen molar-refractivity contribution in [3.8, 4) is 0 Å². The second-order valence-electron chi connectivity index (χ2n) is 8.25. The summed E-state index contributed by atoms with van der Waals surface area (Å²) in [6.07, 6.45) is -0.155. The summed E-state index contributed by atoms with van der Waals surface area (Å²) in [6.45, 7) is 16.5. The number of rotatable bonds is 9. The molecule has 1 aromatic rings. The van der Waals surface area contributed by atoms with Crippen LogP contribution in [0.15, 0.2) is 4.90 Å². The van der Waals surface area contributed by atoms with Gasteiger partial charge in [0.2, 0.25) is 10.0 Å². The van der Waals surface area contributed by atoms with Crippen molar-refractivity contribution in [2.45, 2.75) is 85.7 Å². The highest BCUT2D eigenvalue weighted by Gasteiger charge is 2.24. The average molecular weight is 441 g/mol. The van der Waals surface area contributed by atoms with Gasteiger partial charge in [-0.2, -0.15) is 0 Å². The zero-order chi connectivity index (χ0) is 23.4. The number of carbonyl (C=O) groups is 2. The fraction of sp³-hybridized carbons (Fsp3) is 0.636. The number of hydrogen-bond donors (Lipinski definition) is 1. The molecule has 0 unspecified atom stereocenters. The topological polar surface area (TPSA) is 92.8 Å². The largest absolute Gasteiger partial charge is 0.456 e. The molecule has 30 heavy (non-hydrogen) atoms. The van der Waals surface area contributed by atoms with Gasteiger partial charge >= 0.3 is 5.97 Å². The molecule has 8 heteroatoms. The smallest absolute Gasteiger partial charge is 0.307 e. The van der Waals surface area contributed by atoms with Gasteiger partial charge in [-0.05, 0) is 90.1 Å². The van der Waals surface area contributed by atoms with Gasteiger partial charge in [-0.1, -0.05) is 0 Å². The molecule has 1 aromatic carbocycles. The lowest BCUT2D eigenvalue weighted by Crippen LogP contribution is -2.44. The standard InChI is InChI=1S/C22H36N2O5S/c1-13(2)24(14(3)4)20(25)12-29-21(26)10-11-23-30(27,28)22-18(8)16(6)15(5)17(7)19(22)9/h13-14,23H,10-12H2,1-9H3. The van der Waals surface area contributed by atoms with Crippen molar-refractivity contribution in [3.05, 3.63) is 27.8 Å². The molecule has 7 nitrogen and oxygen atoms in total. The Morgan fingerprint density at radius 2 is 1.30 bits per heavy atom. The maximum Gasteiger partial charge on any atom is 0.307 e. The van der Waals surface area contributed by atoms with Crippen molar-refractivity contribution in [1.29, 1.82) is 0 Å². The molecule has 0 radical (unpaired) electrons. The molecule has 0 aliphatic heterocycles. The molecule has 0 aromatic heterocycles. The SMILES string of the molecule is Cc1c(C)c(C)c(S(=O)(=O)NCCC(=O)OCC(=O)N(C(C)C)C(C)C)c(C)c1C. The Morgan fingerprint density at radius 1 is 0.867 bits per heavy atom. The van der Waals surface area contributed by atoms with E-state index in [2.05, 4.69) is 4.72 Å². The van der Waals surface area contributed by atoms with E-state index in [0.717, 1.165) is 16.7 Å². The van der Waals surface area contributed by atoms with E-state index in [9.17, 15) is 18.0 Å². The molecule has 170 valence electrons. The van der Waals surface area contributed by atoms with E-state index in [1.807, 2.05) is 48.5 Å². The van der Waals surface area contributed by atoms with Crippen molar-refractivity contribution >= 4 is 21.9 Å². The fourth-order valence-electron chi connectivity index (χ4n) is 3.69. The minimum Gasteiger partial charge on any atom is -0.456 e. The zero-order valence-corrected chi connectivity index (χ0v) is 20.5. The Labute approximate surface area is 181 Å². The van der Waals surface area contributed by atoms with Crippen LogP contribution in [0.1, 0.15) is 61.9 Å². The molecule has 0 aliphatic carbocycles.